The molecule has 1 aliphatic heterocycles. The number of carbonyl (C=O) groups excluding carboxylic acids is 1. The molecule has 0 amide bonds. The molecule has 0 saturated heterocycles. The summed E-state index contributed by atoms with van der Waals surface area (Å²) in [7, 11) is 0. The molecule has 0 bridgehead atoms. The number of aliphatic hydroxyl groups excluding tert-OH is 1. The van der Waals surface area contributed by atoms with Crippen LogP contribution >= 0.6 is 0 Å². The maximum atomic E-state index is 12.3. The second-order valence-electron chi connectivity index (χ2n) is 10.4. The van der Waals surface area contributed by atoms with Crippen LogP contribution in [0.25, 0.3) is 17.2 Å². The van der Waals surface area contributed by atoms with Gasteiger partial charge in [0.1, 0.15) is 5.75 Å². The highest BCUT2D eigenvalue weighted by Crippen LogP contribution is 2.30. The van der Waals surface area contributed by atoms with E-state index in [0.29, 0.717) is 38.2 Å². The first-order valence-electron chi connectivity index (χ1n) is 14.2. The van der Waals surface area contributed by atoms with E-state index in [1.807, 2.05) is 37.3 Å². The van der Waals surface area contributed by atoms with E-state index in [0.717, 1.165) is 64.9 Å². The van der Waals surface area contributed by atoms with Crippen molar-refractivity contribution >= 4 is 11.9 Å². The van der Waals surface area contributed by atoms with Crippen LogP contribution in [0.1, 0.15) is 56.6 Å². The van der Waals surface area contributed by atoms with Crippen molar-refractivity contribution < 1.29 is 24.9 Å². The minimum absolute atomic E-state index is 0.0643. The zero-order valence-corrected chi connectivity index (χ0v) is 23.2. The maximum absolute atomic E-state index is 12.3. The van der Waals surface area contributed by atoms with Crippen LogP contribution in [0.2, 0.25) is 0 Å². The Bertz CT molecular complexity index is 1460. The largest absolute Gasteiger partial charge is 0.508 e. The molecule has 40 heavy (non-hydrogen) atoms. The fourth-order valence-corrected chi connectivity index (χ4v) is 4.87. The van der Waals surface area contributed by atoms with Gasteiger partial charge in [0.05, 0.1) is 24.6 Å². The highest BCUT2D eigenvalue weighted by atomic mass is 16.5. The summed E-state index contributed by atoms with van der Waals surface area (Å²) >= 11 is 0. The summed E-state index contributed by atoms with van der Waals surface area (Å²) in [6.07, 6.45) is 11.8. The van der Waals surface area contributed by atoms with Crippen LogP contribution in [0.15, 0.2) is 71.7 Å². The molecule has 0 aliphatic carbocycles. The Hall–Kier alpha value is -3.90. The van der Waals surface area contributed by atoms with Crippen molar-refractivity contribution in [3.63, 3.8) is 0 Å². The Labute approximate surface area is 236 Å². The number of fused-ring (bicyclic) bond motifs is 1. The number of aromatic hydroxyl groups is 2. The van der Waals surface area contributed by atoms with Gasteiger partial charge < -0.3 is 20.1 Å². The third kappa shape index (κ3) is 8.55. The number of ketones is 1. The van der Waals surface area contributed by atoms with Gasteiger partial charge in [-0.3, -0.25) is 9.79 Å². The minimum atomic E-state index is -0.244. The van der Waals surface area contributed by atoms with Crippen molar-refractivity contribution in [1.29, 1.82) is 0 Å². The van der Waals surface area contributed by atoms with Crippen molar-refractivity contribution in [3.8, 4) is 28.4 Å². The number of phenols is 2. The molecule has 0 fully saturated rings. The zero-order valence-electron chi connectivity index (χ0n) is 23.2. The molecular formula is C34H39NO5. The Balaban J connectivity index is 1.29. The molecule has 6 nitrogen and oxygen atoms in total. The van der Waals surface area contributed by atoms with Gasteiger partial charge >= 0.3 is 0 Å². The number of benzene rings is 3. The lowest BCUT2D eigenvalue weighted by molar-refractivity contribution is -0.114. The summed E-state index contributed by atoms with van der Waals surface area (Å²) in [5, 5.41) is 31.9. The molecule has 1 aliphatic rings. The first-order chi connectivity index (χ1) is 19.4. The van der Waals surface area contributed by atoms with Crippen LogP contribution < -0.4 is 15.3 Å². The Morgan fingerprint density at radius 1 is 1.02 bits per heavy atom. The number of allylic oxidation sites excluding steroid dienone is 2. The molecule has 1 heterocycles. The van der Waals surface area contributed by atoms with Gasteiger partial charge in [0.15, 0.2) is 17.3 Å². The molecule has 210 valence electrons. The van der Waals surface area contributed by atoms with Gasteiger partial charge in [-0.25, -0.2) is 0 Å². The molecule has 0 spiro atoms. The van der Waals surface area contributed by atoms with Crippen molar-refractivity contribution in [2.75, 3.05) is 13.2 Å². The van der Waals surface area contributed by atoms with E-state index in [1.54, 1.807) is 30.3 Å². The number of nitrogens with zero attached hydrogens (tertiary/aromatic N) is 1. The van der Waals surface area contributed by atoms with Crippen LogP contribution in [-0.2, 0) is 17.6 Å². The fourth-order valence-electron chi connectivity index (χ4n) is 4.87. The number of ether oxygens (including phenoxy) is 1. The fraction of sp³-hybridized carbons (Fsp3) is 0.353. The van der Waals surface area contributed by atoms with E-state index in [2.05, 4.69) is 17.1 Å². The van der Waals surface area contributed by atoms with Crippen LogP contribution in [0, 0.1) is 0 Å². The molecule has 3 aromatic carbocycles. The molecule has 3 N–H and O–H groups in total. The third-order valence-corrected chi connectivity index (χ3v) is 7.11. The summed E-state index contributed by atoms with van der Waals surface area (Å²) in [5.41, 5.74) is 3.91. The van der Waals surface area contributed by atoms with E-state index in [1.165, 1.54) is 0 Å². The van der Waals surface area contributed by atoms with E-state index in [4.69, 9.17) is 4.74 Å². The first kappa shape index (κ1) is 29.1. The van der Waals surface area contributed by atoms with Gasteiger partial charge in [-0.2, -0.15) is 0 Å². The van der Waals surface area contributed by atoms with Crippen molar-refractivity contribution in [2.45, 2.75) is 64.4 Å². The third-order valence-electron chi connectivity index (χ3n) is 7.11. The molecule has 0 radical (unpaired) electrons. The van der Waals surface area contributed by atoms with Crippen LogP contribution in [-0.4, -0.2) is 40.4 Å². The molecule has 1 atom stereocenters. The molecule has 3 aromatic rings. The van der Waals surface area contributed by atoms with Crippen LogP contribution in [0.4, 0.5) is 0 Å². The number of carbonyl (C=O) groups is 1. The van der Waals surface area contributed by atoms with E-state index >= 15 is 0 Å². The molecule has 6 heteroatoms. The molecule has 4 rings (SSSR count). The molecular weight excluding hydrogens is 502 g/mol. The van der Waals surface area contributed by atoms with E-state index in [-0.39, 0.29) is 23.4 Å². The highest BCUT2D eigenvalue weighted by molar-refractivity contribution is 5.89. The van der Waals surface area contributed by atoms with Crippen LogP contribution in [0.3, 0.4) is 0 Å². The lowest BCUT2D eigenvalue weighted by atomic mass is 9.97. The Kier molecular flexibility index (Phi) is 10.5. The number of hydrogen-bond donors (Lipinski definition) is 3. The smallest absolute Gasteiger partial charge is 0.161 e. The summed E-state index contributed by atoms with van der Waals surface area (Å²) in [6.45, 7) is 2.85. The van der Waals surface area contributed by atoms with Crippen LogP contribution in [0.5, 0.6) is 17.2 Å². The second kappa shape index (κ2) is 14.5. The average Bonchev–Trinajstić information content (AvgIpc) is 3.41. The normalized spacial score (nSPS) is 13.1. The average molecular weight is 542 g/mol. The lowest BCUT2D eigenvalue weighted by Crippen LogP contribution is -2.20. The van der Waals surface area contributed by atoms with Crippen molar-refractivity contribution in [1.82, 2.24) is 0 Å². The summed E-state index contributed by atoms with van der Waals surface area (Å²) in [5.74, 6) is 0.745. The first-order valence-corrected chi connectivity index (χ1v) is 14.2. The van der Waals surface area contributed by atoms with Gasteiger partial charge in [-0.1, -0.05) is 43.2 Å². The highest BCUT2D eigenvalue weighted by Gasteiger charge is 2.10. The topological polar surface area (TPSA) is 99.4 Å². The van der Waals surface area contributed by atoms with Gasteiger partial charge in [-0.05, 0) is 103 Å². The van der Waals surface area contributed by atoms with Gasteiger partial charge in [0.2, 0.25) is 0 Å². The zero-order chi connectivity index (χ0) is 28.3. The monoisotopic (exact) mass is 541 g/mol. The minimum Gasteiger partial charge on any atom is -0.508 e. The van der Waals surface area contributed by atoms with Gasteiger partial charge in [-0.15, -0.1) is 0 Å². The summed E-state index contributed by atoms with van der Waals surface area (Å²) in [6, 6.07) is 16.7. The summed E-state index contributed by atoms with van der Waals surface area (Å²) < 4.78 is 5.96. The number of aliphatic hydroxyl groups is 1. The lowest BCUT2D eigenvalue weighted by Gasteiger charge is -2.13. The van der Waals surface area contributed by atoms with Crippen molar-refractivity contribution in [3.05, 3.63) is 88.5 Å². The van der Waals surface area contributed by atoms with Crippen molar-refractivity contribution in [2.24, 2.45) is 4.99 Å². The number of aryl methyl sites for hydroxylation is 1. The number of unbranched alkanes of at least 4 members (excludes halogenated alkanes) is 3. The van der Waals surface area contributed by atoms with Gasteiger partial charge in [0, 0.05) is 12.8 Å². The predicted octanol–water partition coefficient (Wildman–Crippen LogP) is 5.19. The second-order valence-corrected chi connectivity index (χ2v) is 10.4. The SMILES string of the molecule is C[C@H](O)CCCCC/C=C/C(=O)CCc1ccc(O)c(OCCc2ccc(O)cc2-c2ccc3c(c2)=CCN=3)c1. The summed E-state index contributed by atoms with van der Waals surface area (Å²) in [4.78, 5) is 16.7. The van der Waals surface area contributed by atoms with Gasteiger partial charge in [0.25, 0.3) is 0 Å². The standard InChI is InChI=1S/C34H39NO5/c1-24(36)7-5-3-2-4-6-8-29(37)13-9-25-10-16-33(39)34(21-25)40-20-18-26-11-14-30(38)23-31(26)27-12-15-32-28(22-27)17-19-35-32/h6,8,10-12,14-17,21-24,36,38-39H,2-5,7,9,13,18-20H2,1H3/b8-6+/t24-/m0/s1. The van der Waals surface area contributed by atoms with E-state index < -0.39 is 0 Å². The molecule has 0 aromatic heterocycles. The van der Waals surface area contributed by atoms with E-state index in [9.17, 15) is 20.1 Å². The Morgan fingerprint density at radius 2 is 1.90 bits per heavy atom. The quantitative estimate of drug-likeness (QED) is 0.182. The number of phenolic OH excluding ortho intramolecular Hbond substituents is 2. The number of hydrogen-bond acceptors (Lipinski definition) is 6. The molecule has 0 saturated carbocycles. The molecule has 0 unspecified atom stereocenters. The number of rotatable bonds is 15. The maximum Gasteiger partial charge on any atom is 0.161 e. The Morgan fingerprint density at radius 3 is 2.75 bits per heavy atom. The predicted molar refractivity (Wildman–Crippen MR) is 158 cm³/mol.